The summed E-state index contributed by atoms with van der Waals surface area (Å²) in [5.74, 6) is -1.05. The van der Waals surface area contributed by atoms with E-state index in [1.165, 1.54) is 0 Å². The molecule has 0 saturated carbocycles. The minimum Gasteiger partial charge on any atom is -0.369 e. The molecular formula is C21H21ClF3N7O. The molecule has 0 aromatic carbocycles. The summed E-state index contributed by atoms with van der Waals surface area (Å²) in [5, 5.41) is 7.48. The van der Waals surface area contributed by atoms with Gasteiger partial charge >= 0.3 is 6.18 Å². The monoisotopic (exact) mass is 479 g/mol. The Kier molecular flexibility index (Phi) is 5.38. The number of fused-ring (bicyclic) bond motifs is 2. The summed E-state index contributed by atoms with van der Waals surface area (Å²) >= 11 is 6.04. The number of aromatic nitrogens is 5. The molecule has 2 atom stereocenters. The highest BCUT2D eigenvalue weighted by Crippen LogP contribution is 2.34. The van der Waals surface area contributed by atoms with Gasteiger partial charge in [-0.2, -0.15) is 13.2 Å². The Morgan fingerprint density at radius 3 is 2.76 bits per heavy atom. The summed E-state index contributed by atoms with van der Waals surface area (Å²) < 4.78 is 40.3. The van der Waals surface area contributed by atoms with Gasteiger partial charge in [0.2, 0.25) is 11.7 Å². The predicted molar refractivity (Wildman–Crippen MR) is 114 cm³/mol. The number of carbonyl (C=O) groups is 1. The molecular weight excluding hydrogens is 459 g/mol. The van der Waals surface area contributed by atoms with Crippen LogP contribution in [0.4, 0.5) is 18.9 Å². The van der Waals surface area contributed by atoms with Crippen LogP contribution in [0.1, 0.15) is 25.0 Å². The molecule has 174 valence electrons. The maximum Gasteiger partial charge on any atom is 0.451 e. The van der Waals surface area contributed by atoms with Crippen LogP contribution in [0.3, 0.4) is 0 Å². The van der Waals surface area contributed by atoms with Gasteiger partial charge in [-0.1, -0.05) is 18.5 Å². The zero-order chi connectivity index (χ0) is 23.3. The zero-order valence-corrected chi connectivity index (χ0v) is 18.5. The van der Waals surface area contributed by atoms with Crippen LogP contribution in [-0.4, -0.2) is 55.2 Å². The minimum absolute atomic E-state index is 0.0351. The number of piperidine rings is 1. The van der Waals surface area contributed by atoms with Crippen molar-refractivity contribution in [3.8, 4) is 0 Å². The number of carbonyl (C=O) groups excluding carboxylic acids is 1. The van der Waals surface area contributed by atoms with Crippen molar-refractivity contribution in [1.29, 1.82) is 0 Å². The van der Waals surface area contributed by atoms with Gasteiger partial charge in [0.05, 0.1) is 22.8 Å². The molecule has 2 aliphatic heterocycles. The lowest BCUT2D eigenvalue weighted by molar-refractivity contribution is -0.148. The van der Waals surface area contributed by atoms with E-state index >= 15 is 0 Å². The van der Waals surface area contributed by atoms with E-state index in [-0.39, 0.29) is 43.2 Å². The largest absolute Gasteiger partial charge is 0.451 e. The van der Waals surface area contributed by atoms with E-state index in [9.17, 15) is 18.0 Å². The summed E-state index contributed by atoms with van der Waals surface area (Å²) in [6.45, 7) is 3.62. The molecule has 8 nitrogen and oxygen atoms in total. The van der Waals surface area contributed by atoms with Gasteiger partial charge in [0, 0.05) is 44.5 Å². The Labute approximate surface area is 192 Å². The Morgan fingerprint density at radius 2 is 2.00 bits per heavy atom. The lowest BCUT2D eigenvalue weighted by Gasteiger charge is -2.40. The molecule has 0 bridgehead atoms. The second-order valence-corrected chi connectivity index (χ2v) is 8.96. The van der Waals surface area contributed by atoms with Gasteiger partial charge in [-0.05, 0) is 24.5 Å². The fraction of sp³-hybridized carbons (Fsp3) is 0.476. The maximum absolute atomic E-state index is 13.3. The molecule has 1 fully saturated rings. The molecule has 3 aromatic rings. The molecule has 1 saturated heterocycles. The number of nitrogens with zero attached hydrogens (tertiary/aromatic N) is 7. The Hall–Kier alpha value is -2.95. The highest BCUT2D eigenvalue weighted by molar-refractivity contribution is 6.31. The quantitative estimate of drug-likeness (QED) is 0.560. The standard InChI is InChI=1S/C21H21ClF3N7O/c1-12-10-30(16-2-4-26-15-8-13(22)9-27-18(15)16)5-3-14(12)19(33)31-6-7-32-17(11-31)28-29-20(32)21(23,24)25/h2,4,8-9,12,14H,3,5-7,10-11H2,1H3/t12-,14+/m1/s1. The molecule has 3 aromatic heterocycles. The fourth-order valence-corrected chi connectivity index (χ4v) is 4.92. The smallest absolute Gasteiger partial charge is 0.369 e. The van der Waals surface area contributed by atoms with Crippen LogP contribution in [0.5, 0.6) is 0 Å². The molecule has 5 rings (SSSR count). The third kappa shape index (κ3) is 3.98. The van der Waals surface area contributed by atoms with Crippen LogP contribution in [0.25, 0.3) is 11.0 Å². The van der Waals surface area contributed by atoms with Gasteiger partial charge in [-0.25, -0.2) is 0 Å². The molecule has 0 N–H and O–H groups in total. The van der Waals surface area contributed by atoms with Gasteiger partial charge < -0.3 is 14.4 Å². The topological polar surface area (TPSA) is 80.0 Å². The molecule has 12 heteroatoms. The van der Waals surface area contributed by atoms with E-state index in [1.807, 2.05) is 13.0 Å². The first-order valence-electron chi connectivity index (χ1n) is 10.7. The average molecular weight is 480 g/mol. The predicted octanol–water partition coefficient (Wildman–Crippen LogP) is 3.40. The number of alkyl halides is 3. The Morgan fingerprint density at radius 1 is 1.18 bits per heavy atom. The minimum atomic E-state index is -4.56. The maximum atomic E-state index is 13.3. The lowest BCUT2D eigenvalue weighted by atomic mass is 9.85. The number of rotatable bonds is 2. The second kappa shape index (κ2) is 8.12. The van der Waals surface area contributed by atoms with Crippen molar-refractivity contribution in [1.82, 2.24) is 29.6 Å². The van der Waals surface area contributed by atoms with Crippen LogP contribution in [0.2, 0.25) is 5.02 Å². The Balaban J connectivity index is 1.29. The van der Waals surface area contributed by atoms with Crippen molar-refractivity contribution in [2.45, 2.75) is 32.6 Å². The van der Waals surface area contributed by atoms with E-state index in [4.69, 9.17) is 11.6 Å². The van der Waals surface area contributed by atoms with Crippen LogP contribution in [-0.2, 0) is 24.1 Å². The van der Waals surface area contributed by atoms with Crippen molar-refractivity contribution in [3.05, 3.63) is 41.2 Å². The van der Waals surface area contributed by atoms with Crippen LogP contribution in [0, 0.1) is 11.8 Å². The normalized spacial score (nSPS) is 21.4. The van der Waals surface area contributed by atoms with E-state index in [0.29, 0.717) is 30.0 Å². The number of hydrogen-bond donors (Lipinski definition) is 0. The number of amides is 1. The van der Waals surface area contributed by atoms with Gasteiger partial charge in [0.1, 0.15) is 5.52 Å². The fourth-order valence-electron chi connectivity index (χ4n) is 4.77. The molecule has 5 heterocycles. The van der Waals surface area contributed by atoms with Crippen molar-refractivity contribution >= 4 is 34.2 Å². The second-order valence-electron chi connectivity index (χ2n) is 8.52. The van der Waals surface area contributed by atoms with E-state index in [2.05, 4.69) is 25.1 Å². The summed E-state index contributed by atoms with van der Waals surface area (Å²) in [6.07, 6.45) is -0.616. The van der Waals surface area contributed by atoms with Crippen molar-refractivity contribution < 1.29 is 18.0 Å². The van der Waals surface area contributed by atoms with Crippen LogP contribution >= 0.6 is 11.6 Å². The third-order valence-corrected chi connectivity index (χ3v) is 6.61. The summed E-state index contributed by atoms with van der Waals surface area (Å²) in [4.78, 5) is 25.8. The molecule has 0 unspecified atom stereocenters. The summed E-state index contributed by atoms with van der Waals surface area (Å²) in [7, 11) is 0. The van der Waals surface area contributed by atoms with Crippen molar-refractivity contribution in [3.63, 3.8) is 0 Å². The molecule has 33 heavy (non-hydrogen) atoms. The van der Waals surface area contributed by atoms with E-state index in [0.717, 1.165) is 15.8 Å². The number of pyridine rings is 2. The van der Waals surface area contributed by atoms with Crippen LogP contribution in [0.15, 0.2) is 24.5 Å². The summed E-state index contributed by atoms with van der Waals surface area (Å²) in [6, 6.07) is 3.68. The van der Waals surface area contributed by atoms with E-state index in [1.54, 1.807) is 23.4 Å². The first kappa shape index (κ1) is 21.9. The van der Waals surface area contributed by atoms with E-state index < -0.39 is 12.0 Å². The number of hydrogen-bond acceptors (Lipinski definition) is 6. The molecule has 0 spiro atoms. The third-order valence-electron chi connectivity index (χ3n) is 6.40. The number of anilines is 1. The first-order chi connectivity index (χ1) is 15.7. The summed E-state index contributed by atoms with van der Waals surface area (Å²) in [5.41, 5.74) is 2.41. The van der Waals surface area contributed by atoms with Crippen molar-refractivity contribution in [2.24, 2.45) is 11.8 Å². The molecule has 2 aliphatic rings. The van der Waals surface area contributed by atoms with Gasteiger partial charge in [0.15, 0.2) is 5.82 Å². The number of halogens is 4. The molecule has 0 aliphatic carbocycles. The zero-order valence-electron chi connectivity index (χ0n) is 17.8. The highest BCUT2D eigenvalue weighted by atomic mass is 35.5. The first-order valence-corrected chi connectivity index (χ1v) is 11.0. The highest BCUT2D eigenvalue weighted by Gasteiger charge is 2.41. The average Bonchev–Trinajstić information content (AvgIpc) is 3.22. The molecule has 1 amide bonds. The Bertz CT molecular complexity index is 1210. The molecule has 0 radical (unpaired) electrons. The SMILES string of the molecule is C[C@@H]1CN(c2ccnc3cc(Cl)cnc23)CC[C@@H]1C(=O)N1CCn2c(nnc2C(F)(F)F)C1. The van der Waals surface area contributed by atoms with Gasteiger partial charge in [-0.3, -0.25) is 14.8 Å². The van der Waals surface area contributed by atoms with Gasteiger partial charge in [-0.15, -0.1) is 10.2 Å². The van der Waals surface area contributed by atoms with Crippen LogP contribution < -0.4 is 4.90 Å². The van der Waals surface area contributed by atoms with Gasteiger partial charge in [0.25, 0.3) is 0 Å². The lowest BCUT2D eigenvalue weighted by Crippen LogP contribution is -2.49. The van der Waals surface area contributed by atoms with Crippen molar-refractivity contribution in [2.75, 3.05) is 24.5 Å².